The number of hydrogen-bond acceptors (Lipinski definition) is 5. The maximum atomic E-state index is 11.8. The van der Waals surface area contributed by atoms with Crippen LogP contribution in [0.5, 0.6) is 0 Å². The highest BCUT2D eigenvalue weighted by Crippen LogP contribution is 2.12. The largest absolute Gasteiger partial charge is 0.478 e. The van der Waals surface area contributed by atoms with Crippen LogP contribution in [0.2, 0.25) is 0 Å². The number of aromatic nitrogens is 2. The van der Waals surface area contributed by atoms with Crippen LogP contribution in [0.3, 0.4) is 0 Å². The van der Waals surface area contributed by atoms with Crippen molar-refractivity contribution in [1.29, 1.82) is 0 Å². The lowest BCUT2D eigenvalue weighted by Gasteiger charge is -2.02. The summed E-state index contributed by atoms with van der Waals surface area (Å²) in [5, 5.41) is 21.6. The Morgan fingerprint density at radius 1 is 1.35 bits per heavy atom. The molecule has 0 aliphatic heterocycles. The number of aromatic carboxylic acids is 1. The average molecular weight is 276 g/mol. The maximum absolute atomic E-state index is 11.8. The second kappa shape index (κ2) is 5.18. The molecule has 0 bridgehead atoms. The number of carboxylic acids is 1. The van der Waals surface area contributed by atoms with E-state index in [-0.39, 0.29) is 22.9 Å². The Bertz CT molecular complexity index is 694. The first-order valence-electron chi connectivity index (χ1n) is 5.31. The summed E-state index contributed by atoms with van der Waals surface area (Å²) in [6, 6.07) is 4.85. The number of carbonyl (C=O) groups excluding carboxylic acids is 1. The molecule has 9 heteroatoms. The fourth-order valence-corrected chi connectivity index (χ4v) is 1.44. The minimum Gasteiger partial charge on any atom is -0.478 e. The number of H-pyrrole nitrogens is 1. The maximum Gasteiger partial charge on any atom is 0.335 e. The van der Waals surface area contributed by atoms with Gasteiger partial charge >= 0.3 is 11.8 Å². The third kappa shape index (κ3) is 2.77. The molecule has 0 atom stereocenters. The van der Waals surface area contributed by atoms with Gasteiger partial charge in [0.1, 0.15) is 5.82 Å². The molecular weight excluding hydrogens is 268 g/mol. The second-order valence-electron chi connectivity index (χ2n) is 3.70. The zero-order chi connectivity index (χ0) is 14.7. The van der Waals surface area contributed by atoms with Gasteiger partial charge < -0.3 is 20.5 Å². The van der Waals surface area contributed by atoms with Crippen molar-refractivity contribution in [3.63, 3.8) is 0 Å². The highest BCUT2D eigenvalue weighted by Gasteiger charge is 2.16. The molecule has 0 aromatic carbocycles. The summed E-state index contributed by atoms with van der Waals surface area (Å²) in [6.45, 7) is 0. The second-order valence-corrected chi connectivity index (χ2v) is 3.70. The molecule has 0 fully saturated rings. The smallest absolute Gasteiger partial charge is 0.335 e. The summed E-state index contributed by atoms with van der Waals surface area (Å²) in [5.74, 6) is -2.10. The monoisotopic (exact) mass is 276 g/mol. The Morgan fingerprint density at radius 3 is 2.70 bits per heavy atom. The molecule has 1 amide bonds. The summed E-state index contributed by atoms with van der Waals surface area (Å²) < 4.78 is 0. The minimum absolute atomic E-state index is 0.0285. The third-order valence-corrected chi connectivity index (χ3v) is 2.36. The standard InChI is InChI=1S/C11H8N4O5/c16-10(7-1-2-9(13-7)15(19)20)14-8-5-6(11(17)18)3-4-12-8/h1-5,13H,(H,17,18)(H,12,14,16). The Kier molecular flexibility index (Phi) is 3.42. The van der Waals surface area contributed by atoms with Gasteiger partial charge in [-0.25, -0.2) is 14.8 Å². The zero-order valence-electron chi connectivity index (χ0n) is 9.86. The van der Waals surface area contributed by atoms with E-state index in [1.807, 2.05) is 0 Å². The molecule has 3 N–H and O–H groups in total. The van der Waals surface area contributed by atoms with E-state index in [1.54, 1.807) is 0 Å². The van der Waals surface area contributed by atoms with Gasteiger partial charge in [0.25, 0.3) is 5.91 Å². The zero-order valence-corrected chi connectivity index (χ0v) is 9.86. The van der Waals surface area contributed by atoms with Gasteiger partial charge in [0.2, 0.25) is 0 Å². The molecule has 0 unspecified atom stereocenters. The molecule has 0 saturated heterocycles. The van der Waals surface area contributed by atoms with Crippen molar-refractivity contribution < 1.29 is 19.6 Å². The van der Waals surface area contributed by atoms with Gasteiger partial charge in [0.05, 0.1) is 5.56 Å². The number of pyridine rings is 1. The summed E-state index contributed by atoms with van der Waals surface area (Å²) in [6.07, 6.45) is 1.23. The number of nitro groups is 1. The third-order valence-electron chi connectivity index (χ3n) is 2.36. The number of nitrogens with zero attached hydrogens (tertiary/aromatic N) is 2. The molecule has 102 valence electrons. The molecule has 2 heterocycles. The Balaban J connectivity index is 2.16. The molecule has 20 heavy (non-hydrogen) atoms. The fourth-order valence-electron chi connectivity index (χ4n) is 1.44. The number of nitrogens with one attached hydrogen (secondary N) is 2. The van der Waals surface area contributed by atoms with E-state index < -0.39 is 16.8 Å². The minimum atomic E-state index is -1.15. The first-order valence-corrected chi connectivity index (χ1v) is 5.31. The number of anilines is 1. The van der Waals surface area contributed by atoms with Crippen LogP contribution >= 0.6 is 0 Å². The summed E-state index contributed by atoms with van der Waals surface area (Å²) >= 11 is 0. The van der Waals surface area contributed by atoms with E-state index in [0.29, 0.717) is 0 Å². The lowest BCUT2D eigenvalue weighted by Crippen LogP contribution is -2.14. The van der Waals surface area contributed by atoms with Crippen molar-refractivity contribution >= 4 is 23.5 Å². The number of amides is 1. The summed E-state index contributed by atoms with van der Waals surface area (Å²) in [7, 11) is 0. The predicted octanol–water partition coefficient (Wildman–Crippen LogP) is 1.27. The average Bonchev–Trinajstić information content (AvgIpc) is 2.88. The Hall–Kier alpha value is -3.23. The normalized spacial score (nSPS) is 10.0. The van der Waals surface area contributed by atoms with Gasteiger partial charge in [-0.3, -0.25) is 4.79 Å². The molecule has 9 nitrogen and oxygen atoms in total. The van der Waals surface area contributed by atoms with Crippen molar-refractivity contribution in [2.75, 3.05) is 5.32 Å². The lowest BCUT2D eigenvalue weighted by molar-refractivity contribution is -0.389. The lowest BCUT2D eigenvalue weighted by atomic mass is 10.2. The fraction of sp³-hybridized carbons (Fsp3) is 0. The van der Waals surface area contributed by atoms with Gasteiger partial charge in [-0.15, -0.1) is 0 Å². The topological polar surface area (TPSA) is 138 Å². The first kappa shape index (κ1) is 13.2. The number of carboxylic acid groups (broad SMARTS) is 1. The summed E-state index contributed by atoms with van der Waals surface area (Å²) in [5.41, 5.74) is -0.0630. The van der Waals surface area contributed by atoms with E-state index in [1.165, 1.54) is 24.4 Å². The van der Waals surface area contributed by atoms with Gasteiger partial charge in [-0.05, 0) is 23.1 Å². The Labute approximate surface area is 111 Å². The number of carbonyl (C=O) groups is 2. The van der Waals surface area contributed by atoms with Gasteiger partial charge in [0, 0.05) is 12.3 Å². The van der Waals surface area contributed by atoms with Gasteiger partial charge in [-0.1, -0.05) is 0 Å². The molecule has 0 saturated carbocycles. The van der Waals surface area contributed by atoms with E-state index in [2.05, 4.69) is 15.3 Å². The van der Waals surface area contributed by atoms with Crippen LogP contribution in [0.4, 0.5) is 11.6 Å². The Morgan fingerprint density at radius 2 is 2.10 bits per heavy atom. The van der Waals surface area contributed by atoms with Crippen molar-refractivity contribution in [2.24, 2.45) is 0 Å². The predicted molar refractivity (Wildman–Crippen MR) is 66.6 cm³/mol. The SMILES string of the molecule is O=C(O)c1ccnc(NC(=O)c2ccc([N+](=O)[O-])[nH]2)c1. The van der Waals surface area contributed by atoms with Crippen LogP contribution in [0.1, 0.15) is 20.8 Å². The van der Waals surface area contributed by atoms with Crippen LogP contribution in [0.15, 0.2) is 30.5 Å². The quantitative estimate of drug-likeness (QED) is 0.567. The van der Waals surface area contributed by atoms with Crippen molar-refractivity contribution in [3.05, 3.63) is 51.8 Å². The molecular formula is C11H8N4O5. The molecule has 2 rings (SSSR count). The van der Waals surface area contributed by atoms with E-state index in [0.717, 1.165) is 6.07 Å². The number of aromatic amines is 1. The van der Waals surface area contributed by atoms with E-state index >= 15 is 0 Å². The van der Waals surface area contributed by atoms with Crippen LogP contribution in [0.25, 0.3) is 0 Å². The highest BCUT2D eigenvalue weighted by atomic mass is 16.6. The summed E-state index contributed by atoms with van der Waals surface area (Å²) in [4.78, 5) is 38.5. The number of rotatable bonds is 4. The van der Waals surface area contributed by atoms with Crippen LogP contribution < -0.4 is 5.32 Å². The number of hydrogen-bond donors (Lipinski definition) is 3. The van der Waals surface area contributed by atoms with Crippen molar-refractivity contribution in [2.45, 2.75) is 0 Å². The van der Waals surface area contributed by atoms with Gasteiger partial charge in [0.15, 0.2) is 5.69 Å². The van der Waals surface area contributed by atoms with Gasteiger partial charge in [-0.2, -0.15) is 0 Å². The molecule has 0 aliphatic carbocycles. The van der Waals surface area contributed by atoms with E-state index in [9.17, 15) is 19.7 Å². The molecule has 2 aromatic rings. The molecule has 2 aromatic heterocycles. The molecule has 0 aliphatic rings. The van der Waals surface area contributed by atoms with Crippen LogP contribution in [0, 0.1) is 10.1 Å². The first-order chi connectivity index (χ1) is 9.47. The van der Waals surface area contributed by atoms with Crippen molar-refractivity contribution in [3.8, 4) is 0 Å². The molecule has 0 radical (unpaired) electrons. The molecule has 0 spiro atoms. The van der Waals surface area contributed by atoms with E-state index in [4.69, 9.17) is 5.11 Å². The van der Waals surface area contributed by atoms with Crippen LogP contribution in [-0.2, 0) is 0 Å². The highest BCUT2D eigenvalue weighted by molar-refractivity contribution is 6.03. The van der Waals surface area contributed by atoms with Crippen LogP contribution in [-0.4, -0.2) is 31.9 Å². The van der Waals surface area contributed by atoms with Crippen molar-refractivity contribution in [1.82, 2.24) is 9.97 Å².